The Balaban J connectivity index is 1.02. The van der Waals surface area contributed by atoms with Gasteiger partial charge in [-0.25, -0.2) is 22.5 Å². The van der Waals surface area contributed by atoms with Crippen LogP contribution in [-0.4, -0.2) is 108 Å². The summed E-state index contributed by atoms with van der Waals surface area (Å²) in [5, 5.41) is 25.4. The molecule has 1 aliphatic carbocycles. The van der Waals surface area contributed by atoms with Gasteiger partial charge in [0.1, 0.15) is 28.7 Å². The normalized spacial score (nSPS) is 19.4. The van der Waals surface area contributed by atoms with E-state index in [-0.39, 0.29) is 57.9 Å². The van der Waals surface area contributed by atoms with Crippen molar-refractivity contribution in [3.8, 4) is 17.4 Å². The van der Waals surface area contributed by atoms with E-state index in [1.54, 1.807) is 26.0 Å². The third-order valence-corrected chi connectivity index (χ3v) is 16.1. The van der Waals surface area contributed by atoms with E-state index in [1.165, 1.54) is 49.6 Å². The lowest BCUT2D eigenvalue weighted by Crippen LogP contribution is -2.63. The lowest BCUT2D eigenvalue weighted by atomic mass is 9.70. The number of aliphatic hydroxyl groups is 1. The van der Waals surface area contributed by atoms with Crippen LogP contribution in [0.1, 0.15) is 126 Å². The van der Waals surface area contributed by atoms with Gasteiger partial charge in [0, 0.05) is 76.0 Å². The molecule has 1 saturated carbocycles. The topological polar surface area (TPSA) is 214 Å². The highest BCUT2D eigenvalue weighted by Gasteiger charge is 2.49. The standard InChI is InChI=1S/C52H67FN8O9S/c1-7-51(5,63)19-10-11-22-54-48-44(61(64)65)26-36(28-55-48)71(66,67)58-49(62)40-18-17-35(25-45(40)70-46-27-41-42(53)29-56-47(41)57-50(46)69-30-34(4)68-6)59-23-20-52(21-24-59)31-60(32-52)43-16-12-15-39(43)38-14-9-8-13-37(38)33(2)3/h8-9,13-14,17-18,25-29,33-34,39,43,63H,7,10-12,15-16,19-24,30-32H2,1-6H3,(H,54,55)(H,56,57)(H,58,62)/t34-,39+,43+,51-/m1/s1. The smallest absolute Gasteiger partial charge is 0.312 e. The number of rotatable bonds is 21. The Kier molecular flexibility index (Phi) is 15.5. The van der Waals surface area contributed by atoms with Crippen molar-refractivity contribution in [1.29, 1.82) is 0 Å². The molecule has 19 heteroatoms. The number of hydrogen-bond acceptors (Lipinski definition) is 14. The number of piperidine rings is 1. The van der Waals surface area contributed by atoms with Crippen LogP contribution in [0.2, 0.25) is 0 Å². The van der Waals surface area contributed by atoms with Crippen molar-refractivity contribution in [3.63, 3.8) is 0 Å². The average Bonchev–Trinajstić information content (AvgIpc) is 3.98. The number of pyridine rings is 2. The van der Waals surface area contributed by atoms with Crippen LogP contribution in [0.5, 0.6) is 17.4 Å². The van der Waals surface area contributed by atoms with E-state index in [2.05, 4.69) is 72.9 Å². The summed E-state index contributed by atoms with van der Waals surface area (Å²) in [7, 11) is -3.22. The summed E-state index contributed by atoms with van der Waals surface area (Å²) >= 11 is 0. The number of nitro groups is 1. The van der Waals surface area contributed by atoms with Gasteiger partial charge < -0.3 is 34.5 Å². The van der Waals surface area contributed by atoms with Gasteiger partial charge in [-0.3, -0.25) is 19.8 Å². The highest BCUT2D eigenvalue weighted by atomic mass is 32.2. The lowest BCUT2D eigenvalue weighted by Gasteiger charge is -2.57. The first kappa shape index (κ1) is 51.5. The number of nitrogens with one attached hydrogen (secondary N) is 3. The summed E-state index contributed by atoms with van der Waals surface area (Å²) in [4.78, 5) is 41.2. The van der Waals surface area contributed by atoms with Gasteiger partial charge in [-0.1, -0.05) is 51.5 Å². The van der Waals surface area contributed by atoms with Crippen LogP contribution in [0.4, 0.5) is 21.6 Å². The highest BCUT2D eigenvalue weighted by molar-refractivity contribution is 7.90. The number of H-pyrrole nitrogens is 1. The summed E-state index contributed by atoms with van der Waals surface area (Å²) in [6, 6.07) is 16.5. The second kappa shape index (κ2) is 21.4. The number of anilines is 2. The summed E-state index contributed by atoms with van der Waals surface area (Å²) in [5.41, 5.74) is 2.44. The molecule has 2 saturated heterocycles. The first-order chi connectivity index (χ1) is 33.9. The van der Waals surface area contributed by atoms with Crippen molar-refractivity contribution >= 4 is 44.2 Å². The minimum Gasteiger partial charge on any atom is -0.472 e. The van der Waals surface area contributed by atoms with Crippen LogP contribution in [0, 0.1) is 21.3 Å². The van der Waals surface area contributed by atoms with Gasteiger partial charge in [0.15, 0.2) is 5.75 Å². The number of carbonyl (C=O) groups is 1. The van der Waals surface area contributed by atoms with E-state index < -0.39 is 42.9 Å². The molecule has 2 aliphatic heterocycles. The van der Waals surface area contributed by atoms with Crippen molar-refractivity contribution in [2.24, 2.45) is 5.41 Å². The van der Waals surface area contributed by atoms with Gasteiger partial charge in [-0.2, -0.15) is 4.98 Å². The fourth-order valence-corrected chi connectivity index (χ4v) is 11.3. The highest BCUT2D eigenvalue weighted by Crippen LogP contribution is 2.49. The Morgan fingerprint density at radius 3 is 2.56 bits per heavy atom. The molecule has 71 heavy (non-hydrogen) atoms. The number of unbranched alkanes of at least 4 members (excludes halogenated alkanes) is 1. The number of fused-ring (bicyclic) bond motifs is 1. The van der Waals surface area contributed by atoms with Crippen molar-refractivity contribution < 1.29 is 41.8 Å². The van der Waals surface area contributed by atoms with Crippen LogP contribution in [-0.2, 0) is 14.8 Å². The molecule has 17 nitrogen and oxygen atoms in total. The second-order valence-corrected chi connectivity index (χ2v) is 21.9. The minimum absolute atomic E-state index is 0.0285. The Hall–Kier alpha value is -5.89. The molecule has 4 N–H and O–H groups in total. The molecule has 3 aromatic heterocycles. The van der Waals surface area contributed by atoms with Crippen LogP contribution in [0.15, 0.2) is 71.9 Å². The predicted octanol–water partition coefficient (Wildman–Crippen LogP) is 9.44. The number of methoxy groups -OCH3 is 1. The van der Waals surface area contributed by atoms with Crippen LogP contribution in [0.3, 0.4) is 0 Å². The molecular weight excluding hydrogens is 932 g/mol. The maximum Gasteiger partial charge on any atom is 0.312 e. The van der Waals surface area contributed by atoms with E-state index in [0.717, 1.165) is 63.2 Å². The van der Waals surface area contributed by atoms with E-state index in [1.807, 2.05) is 6.92 Å². The van der Waals surface area contributed by atoms with Crippen molar-refractivity contribution in [2.75, 3.05) is 56.7 Å². The van der Waals surface area contributed by atoms with Gasteiger partial charge in [0.25, 0.3) is 21.8 Å². The Labute approximate surface area is 415 Å². The molecule has 1 spiro atoms. The zero-order valence-corrected chi connectivity index (χ0v) is 42.3. The molecule has 0 radical (unpaired) electrons. The molecule has 4 atom stereocenters. The average molecular weight is 999 g/mol. The third-order valence-electron chi connectivity index (χ3n) is 14.8. The number of benzene rings is 2. The number of hydrogen-bond donors (Lipinski definition) is 4. The maximum atomic E-state index is 15.0. The van der Waals surface area contributed by atoms with Gasteiger partial charge >= 0.3 is 5.69 Å². The Morgan fingerprint density at radius 2 is 1.85 bits per heavy atom. The molecular formula is C52H67FN8O9S. The molecule has 3 fully saturated rings. The summed E-state index contributed by atoms with van der Waals surface area (Å²) < 4.78 is 62.6. The van der Waals surface area contributed by atoms with Gasteiger partial charge in [-0.15, -0.1) is 0 Å². The number of carbonyl (C=O) groups excluding carboxylic acids is 1. The van der Waals surface area contributed by atoms with E-state index in [0.29, 0.717) is 50.1 Å². The molecule has 5 heterocycles. The lowest BCUT2D eigenvalue weighted by molar-refractivity contribution is -0.384. The molecule has 3 aliphatic rings. The Morgan fingerprint density at radius 1 is 1.08 bits per heavy atom. The summed E-state index contributed by atoms with van der Waals surface area (Å²) in [6.45, 7) is 13.9. The van der Waals surface area contributed by atoms with Crippen LogP contribution < -0.4 is 24.4 Å². The number of halogens is 1. The number of ether oxygens (including phenoxy) is 3. The number of aromatic amines is 1. The fourth-order valence-electron chi connectivity index (χ4n) is 10.3. The van der Waals surface area contributed by atoms with Crippen LogP contribution in [0.25, 0.3) is 11.0 Å². The monoisotopic (exact) mass is 998 g/mol. The predicted molar refractivity (Wildman–Crippen MR) is 270 cm³/mol. The maximum absolute atomic E-state index is 15.0. The number of amides is 1. The zero-order chi connectivity index (χ0) is 50.7. The molecule has 0 unspecified atom stereocenters. The summed E-state index contributed by atoms with van der Waals surface area (Å²) in [6.07, 6.45) is 9.64. The first-order valence-corrected chi connectivity index (χ1v) is 26.3. The molecule has 5 aromatic rings. The molecule has 382 valence electrons. The van der Waals surface area contributed by atoms with Gasteiger partial charge in [0.05, 0.1) is 33.8 Å². The molecule has 2 aromatic carbocycles. The summed E-state index contributed by atoms with van der Waals surface area (Å²) in [5.74, 6) is -0.964. The molecule has 8 rings (SSSR count). The van der Waals surface area contributed by atoms with E-state index >= 15 is 4.39 Å². The van der Waals surface area contributed by atoms with Crippen molar-refractivity contribution in [1.82, 2.24) is 24.6 Å². The SMILES string of the molecule is CC[C@@](C)(O)CCCCNc1ncc(S(=O)(=O)NC(=O)c2ccc(N3CCC4(CC3)CN([C@H]3CCC[C@H]3c3ccccc3C(C)C)C4)cc2Oc2cc3c(F)c[nH]c3nc2OC[C@@H](C)OC)cc1[N+](=O)[O-]. The number of nitrogens with zero attached hydrogens (tertiary/aromatic N) is 5. The number of likely N-dealkylation sites (tertiary alicyclic amines) is 1. The number of sulfonamides is 1. The van der Waals surface area contributed by atoms with E-state index in [9.17, 15) is 28.4 Å². The third kappa shape index (κ3) is 11.6. The fraction of sp³-hybridized carbons (Fsp3) is 0.519. The largest absolute Gasteiger partial charge is 0.472 e. The van der Waals surface area contributed by atoms with Crippen molar-refractivity contribution in [2.45, 2.75) is 127 Å². The first-order valence-electron chi connectivity index (χ1n) is 24.8. The molecule has 0 bridgehead atoms. The number of aromatic nitrogens is 3. The van der Waals surface area contributed by atoms with Crippen molar-refractivity contribution in [3.05, 3.63) is 99.6 Å². The zero-order valence-electron chi connectivity index (χ0n) is 41.5. The minimum atomic E-state index is -4.75. The van der Waals surface area contributed by atoms with Gasteiger partial charge in [0.2, 0.25) is 5.82 Å². The molecule has 1 amide bonds. The van der Waals surface area contributed by atoms with Crippen LogP contribution >= 0.6 is 0 Å². The van der Waals surface area contributed by atoms with E-state index in [4.69, 9.17) is 14.2 Å². The Bertz CT molecular complexity index is 2820. The second-order valence-electron chi connectivity index (χ2n) is 20.2. The quantitative estimate of drug-likeness (QED) is 0.0306. The van der Waals surface area contributed by atoms with Gasteiger partial charge in [-0.05, 0) is 106 Å².